The summed E-state index contributed by atoms with van der Waals surface area (Å²) >= 11 is 0. The number of hydrogen-bond acceptors (Lipinski definition) is 9. The van der Waals surface area contributed by atoms with Gasteiger partial charge < -0.3 is 34.9 Å². The third-order valence-electron chi connectivity index (χ3n) is 5.87. The van der Waals surface area contributed by atoms with Crippen LogP contribution in [0.2, 0.25) is 0 Å². The largest absolute Gasteiger partial charge is 0.395 e. The number of ether oxygens (including phenoxy) is 1. The lowest BCUT2D eigenvalue weighted by atomic mass is 10.1. The second-order valence-corrected chi connectivity index (χ2v) is 11.0. The van der Waals surface area contributed by atoms with Gasteiger partial charge in [-0.05, 0) is 26.2 Å². The Morgan fingerprint density at radius 3 is 2.61 bits per heavy atom. The Morgan fingerprint density at radius 1 is 1.11 bits per heavy atom. The van der Waals surface area contributed by atoms with E-state index in [1.807, 2.05) is 0 Å². The van der Waals surface area contributed by atoms with Crippen molar-refractivity contribution in [3.8, 4) is 0 Å². The molecule has 0 fully saturated rings. The topological polar surface area (TPSA) is 165 Å². The summed E-state index contributed by atoms with van der Waals surface area (Å²) in [6.45, 7) is 6.05. The Kier molecular flexibility index (Phi) is 14.3. The molecule has 2 atom stereocenters. The molecular weight excluding hydrogens is 485 g/mol. The first kappa shape index (κ1) is 30.5. The number of nitrogens with one attached hydrogen (secondary N) is 3. The molecule has 0 aliphatic rings. The number of aliphatic hydroxyl groups is 1. The Morgan fingerprint density at radius 2 is 1.86 bits per heavy atom. The number of unbranched alkanes of at least 4 members (excludes halogenated alkanes) is 5. The van der Waals surface area contributed by atoms with Crippen LogP contribution in [-0.2, 0) is 24.9 Å². The van der Waals surface area contributed by atoms with Crippen LogP contribution in [0.1, 0.15) is 70.8 Å². The second-order valence-electron chi connectivity index (χ2n) is 8.86. The van der Waals surface area contributed by atoms with Crippen LogP contribution in [0.5, 0.6) is 0 Å². The smallest absolute Gasteiger partial charge is 0.330 e. The van der Waals surface area contributed by atoms with E-state index in [2.05, 4.69) is 27.2 Å². The number of nitrogens with zero attached hydrogens (tertiary/aromatic N) is 1. The van der Waals surface area contributed by atoms with Gasteiger partial charge in [-0.1, -0.05) is 39.0 Å². The maximum absolute atomic E-state index is 13.1. The van der Waals surface area contributed by atoms with E-state index in [9.17, 15) is 14.5 Å². The summed E-state index contributed by atoms with van der Waals surface area (Å²) in [6, 6.07) is -0.340. The molecule has 0 aliphatic heterocycles. The van der Waals surface area contributed by atoms with Gasteiger partial charge in [-0.3, -0.25) is 14.3 Å². The Balaban J connectivity index is 1.71. The van der Waals surface area contributed by atoms with Crippen LogP contribution in [0.15, 0.2) is 11.0 Å². The number of aromatic amines is 2. The third kappa shape index (κ3) is 10.7. The number of fused-ring (bicyclic) bond motifs is 1. The lowest BCUT2D eigenvalue weighted by Crippen LogP contribution is -2.33. The molecule has 12 heteroatoms. The summed E-state index contributed by atoms with van der Waals surface area (Å²) in [4.78, 5) is 21.5. The molecule has 2 rings (SSSR count). The van der Waals surface area contributed by atoms with Crippen LogP contribution in [-0.4, -0.2) is 65.3 Å². The quantitative estimate of drug-likeness (QED) is 0.120. The van der Waals surface area contributed by atoms with E-state index in [-0.39, 0.29) is 36.9 Å². The normalized spacial score (nSPS) is 14.3. The van der Waals surface area contributed by atoms with Crippen LogP contribution < -0.4 is 16.6 Å². The maximum Gasteiger partial charge on any atom is 0.330 e. The zero-order valence-electron chi connectivity index (χ0n) is 21.7. The Labute approximate surface area is 213 Å². The highest BCUT2D eigenvalue weighted by Gasteiger charge is 2.25. The van der Waals surface area contributed by atoms with Crippen molar-refractivity contribution < 1.29 is 23.5 Å². The van der Waals surface area contributed by atoms with Gasteiger partial charge in [-0.15, -0.1) is 0 Å². The molecule has 1 unspecified atom stereocenters. The number of rotatable bonds is 21. The van der Waals surface area contributed by atoms with Crippen molar-refractivity contribution in [3.05, 3.63) is 22.1 Å². The molecule has 2 heterocycles. The van der Waals surface area contributed by atoms with Crippen LogP contribution in [0.25, 0.3) is 11.0 Å². The van der Waals surface area contributed by atoms with Gasteiger partial charge in [-0.25, -0.2) is 4.98 Å². The molecule has 2 aromatic heterocycles. The average molecular weight is 530 g/mol. The molecular formula is C24H44N5O6P. The molecule has 0 spiro atoms. The van der Waals surface area contributed by atoms with Crippen molar-refractivity contribution in [2.24, 2.45) is 0 Å². The predicted molar refractivity (Wildman–Crippen MR) is 142 cm³/mol. The van der Waals surface area contributed by atoms with Gasteiger partial charge in [0, 0.05) is 37.6 Å². The van der Waals surface area contributed by atoms with Gasteiger partial charge in [0.15, 0.2) is 0 Å². The number of anilines is 1. The summed E-state index contributed by atoms with van der Waals surface area (Å²) in [6.07, 6.45) is 10.2. The first-order chi connectivity index (χ1) is 17.4. The molecule has 0 aromatic carbocycles. The molecule has 0 bridgehead atoms. The Bertz CT molecular complexity index is 982. The average Bonchev–Trinajstić information content (AvgIpc) is 3.26. The van der Waals surface area contributed by atoms with E-state index in [1.54, 1.807) is 13.1 Å². The number of hydrogen-bond donors (Lipinski definition) is 5. The maximum atomic E-state index is 13.1. The van der Waals surface area contributed by atoms with Gasteiger partial charge in [-0.2, -0.15) is 0 Å². The van der Waals surface area contributed by atoms with Crippen molar-refractivity contribution in [2.45, 2.75) is 77.8 Å². The number of aromatic nitrogens is 3. The number of H-pyrrole nitrogens is 2. The summed E-state index contributed by atoms with van der Waals surface area (Å²) in [7, 11) is -3.29. The fourth-order valence-corrected chi connectivity index (χ4v) is 5.62. The molecule has 0 aliphatic carbocycles. The summed E-state index contributed by atoms with van der Waals surface area (Å²) in [5.41, 5.74) is 6.87. The highest BCUT2D eigenvalue weighted by Crippen LogP contribution is 2.48. The minimum absolute atomic E-state index is 0.0367. The lowest BCUT2D eigenvalue weighted by molar-refractivity contribution is 0.111. The fourth-order valence-electron chi connectivity index (χ4n) is 3.86. The number of aliphatic hydroxyl groups excluding tert-OH is 1. The zero-order chi connectivity index (χ0) is 26.2. The monoisotopic (exact) mass is 529 g/mol. The van der Waals surface area contributed by atoms with Crippen LogP contribution >= 0.6 is 7.60 Å². The van der Waals surface area contributed by atoms with Crippen LogP contribution in [0.4, 0.5) is 5.95 Å². The van der Waals surface area contributed by atoms with Crippen molar-refractivity contribution in [1.82, 2.24) is 20.3 Å². The molecule has 0 amide bonds. The molecule has 11 nitrogen and oxygen atoms in total. The van der Waals surface area contributed by atoms with Gasteiger partial charge in [0.2, 0.25) is 5.95 Å². The number of nitrogen functional groups attached to an aromatic ring is 1. The van der Waals surface area contributed by atoms with Crippen LogP contribution in [0.3, 0.4) is 0 Å². The minimum atomic E-state index is -3.29. The van der Waals surface area contributed by atoms with Crippen molar-refractivity contribution in [3.63, 3.8) is 0 Å². The Hall–Kier alpha value is -1.75. The van der Waals surface area contributed by atoms with E-state index in [0.29, 0.717) is 43.6 Å². The van der Waals surface area contributed by atoms with E-state index >= 15 is 0 Å². The first-order valence-corrected chi connectivity index (χ1v) is 14.8. The summed E-state index contributed by atoms with van der Waals surface area (Å²) < 4.78 is 29.9. The highest BCUT2D eigenvalue weighted by atomic mass is 31.2. The molecule has 206 valence electrons. The first-order valence-electron chi connectivity index (χ1n) is 13.1. The second kappa shape index (κ2) is 16.9. The third-order valence-corrected chi connectivity index (χ3v) is 7.91. The summed E-state index contributed by atoms with van der Waals surface area (Å²) in [5.74, 6) is 0.0367. The number of nitrogens with two attached hydrogens (primary N) is 1. The standard InChI is InChI=1S/C24H44N5O6P/c1-3-5-6-7-8-9-12-33-13-10-14-35-36(32,34-4-2)15-11-20(18-30)26-16-19-17-27-22-21(19)28-24(25)29-23(22)31/h17,20,26-27,30H,3-16,18H2,1-2H3,(H3,25,28,29,31)/t20-,36?/m0/s1. The van der Waals surface area contributed by atoms with Crippen molar-refractivity contribution in [1.29, 1.82) is 0 Å². The van der Waals surface area contributed by atoms with Crippen molar-refractivity contribution >= 4 is 24.6 Å². The summed E-state index contributed by atoms with van der Waals surface area (Å²) in [5, 5.41) is 13.0. The van der Waals surface area contributed by atoms with Gasteiger partial charge in [0.25, 0.3) is 5.56 Å². The fraction of sp³-hybridized carbons (Fsp3) is 0.750. The van der Waals surface area contributed by atoms with E-state index < -0.39 is 7.60 Å². The molecule has 0 saturated heterocycles. The van der Waals surface area contributed by atoms with Crippen LogP contribution in [0, 0.1) is 0 Å². The van der Waals surface area contributed by atoms with E-state index in [4.69, 9.17) is 19.5 Å². The molecule has 6 N–H and O–H groups in total. The van der Waals surface area contributed by atoms with Gasteiger partial charge >= 0.3 is 7.60 Å². The zero-order valence-corrected chi connectivity index (χ0v) is 22.6. The lowest BCUT2D eigenvalue weighted by Gasteiger charge is -2.21. The SMILES string of the molecule is CCCCCCCCOCCCOP(=O)(CC[C@@H](CO)NCc1c[nH]c2c(=O)[nH]c(N)nc12)OCC. The van der Waals surface area contributed by atoms with Gasteiger partial charge in [0.05, 0.1) is 26.0 Å². The highest BCUT2D eigenvalue weighted by molar-refractivity contribution is 7.53. The molecule has 0 radical (unpaired) electrons. The molecule has 0 saturated carbocycles. The van der Waals surface area contributed by atoms with E-state index in [1.165, 1.54) is 32.1 Å². The predicted octanol–water partition coefficient (Wildman–Crippen LogP) is 3.69. The van der Waals surface area contributed by atoms with Crippen molar-refractivity contribution in [2.75, 3.05) is 44.9 Å². The van der Waals surface area contributed by atoms with Gasteiger partial charge in [0.1, 0.15) is 11.0 Å². The molecule has 2 aromatic rings. The van der Waals surface area contributed by atoms with E-state index in [0.717, 1.165) is 18.6 Å². The molecule has 36 heavy (non-hydrogen) atoms. The minimum Gasteiger partial charge on any atom is -0.395 e.